The first-order valence-electron chi connectivity index (χ1n) is 6.93. The first kappa shape index (κ1) is 13.0. The molecule has 4 rings (SSSR count). The molecule has 2 N–H and O–H groups in total. The molecular formula is C17H13N3OS. The van der Waals surface area contributed by atoms with Gasteiger partial charge in [0.15, 0.2) is 0 Å². The third-order valence-corrected chi connectivity index (χ3v) is 4.62. The summed E-state index contributed by atoms with van der Waals surface area (Å²) in [6, 6.07) is 11.8. The zero-order chi connectivity index (χ0) is 15.1. The van der Waals surface area contributed by atoms with Gasteiger partial charge in [-0.3, -0.25) is 4.79 Å². The molecule has 22 heavy (non-hydrogen) atoms. The molecule has 3 aromatic heterocycles. The van der Waals surface area contributed by atoms with Crippen LogP contribution in [0.15, 0.2) is 52.0 Å². The number of benzene rings is 1. The van der Waals surface area contributed by atoms with Crippen molar-refractivity contribution in [3.8, 4) is 22.5 Å². The predicted molar refractivity (Wildman–Crippen MR) is 90.2 cm³/mol. The maximum absolute atomic E-state index is 12.2. The standard InChI is InChI=1S/C17H13N3OS/c1-10-8-22-9-13(10)16-7-12(17(21)20-19-16)15-6-11-4-2-3-5-14(11)18-15/h2-9,18H,1H3,(H,20,21). The molecule has 0 unspecified atom stereocenters. The lowest BCUT2D eigenvalue weighted by molar-refractivity contribution is 0.996. The number of aryl methyl sites for hydroxylation is 1. The molecule has 1 aromatic carbocycles. The molecule has 5 heteroatoms. The van der Waals surface area contributed by atoms with Crippen LogP contribution in [0.5, 0.6) is 0 Å². The van der Waals surface area contributed by atoms with Crippen molar-refractivity contribution in [3.05, 3.63) is 63.1 Å². The molecule has 0 aliphatic carbocycles. The summed E-state index contributed by atoms with van der Waals surface area (Å²) in [5.74, 6) is 0. The molecule has 0 bridgehead atoms. The minimum Gasteiger partial charge on any atom is -0.354 e. The van der Waals surface area contributed by atoms with Crippen LogP contribution in [0.25, 0.3) is 33.4 Å². The maximum Gasteiger partial charge on any atom is 0.273 e. The topological polar surface area (TPSA) is 61.5 Å². The molecular weight excluding hydrogens is 294 g/mol. The summed E-state index contributed by atoms with van der Waals surface area (Å²) in [7, 11) is 0. The highest BCUT2D eigenvalue weighted by molar-refractivity contribution is 7.08. The number of nitrogens with one attached hydrogen (secondary N) is 2. The number of fused-ring (bicyclic) bond motifs is 1. The Hall–Kier alpha value is -2.66. The van der Waals surface area contributed by atoms with E-state index in [0.717, 1.165) is 33.4 Å². The Morgan fingerprint density at radius 1 is 1.09 bits per heavy atom. The quantitative estimate of drug-likeness (QED) is 0.589. The summed E-state index contributed by atoms with van der Waals surface area (Å²) in [6.07, 6.45) is 0. The lowest BCUT2D eigenvalue weighted by Crippen LogP contribution is -2.11. The third-order valence-electron chi connectivity index (χ3n) is 3.76. The number of nitrogens with zero attached hydrogens (tertiary/aromatic N) is 1. The van der Waals surface area contributed by atoms with Crippen molar-refractivity contribution >= 4 is 22.2 Å². The Labute approximate surface area is 130 Å². The van der Waals surface area contributed by atoms with E-state index >= 15 is 0 Å². The van der Waals surface area contributed by atoms with E-state index in [-0.39, 0.29) is 5.56 Å². The first-order valence-corrected chi connectivity index (χ1v) is 7.87. The second kappa shape index (κ2) is 4.96. The summed E-state index contributed by atoms with van der Waals surface area (Å²) in [5.41, 5.74) is 5.23. The van der Waals surface area contributed by atoms with E-state index in [2.05, 4.69) is 20.6 Å². The highest BCUT2D eigenvalue weighted by Gasteiger charge is 2.11. The second-order valence-corrected chi connectivity index (χ2v) is 5.98. The van der Waals surface area contributed by atoms with E-state index in [4.69, 9.17) is 0 Å². The van der Waals surface area contributed by atoms with Crippen molar-refractivity contribution < 1.29 is 0 Å². The van der Waals surface area contributed by atoms with Crippen molar-refractivity contribution in [1.82, 2.24) is 15.2 Å². The molecule has 108 valence electrons. The van der Waals surface area contributed by atoms with Crippen LogP contribution < -0.4 is 5.56 Å². The molecule has 0 amide bonds. The summed E-state index contributed by atoms with van der Waals surface area (Å²) in [6.45, 7) is 2.04. The van der Waals surface area contributed by atoms with Crippen molar-refractivity contribution in [2.75, 3.05) is 0 Å². The number of aromatic amines is 2. The van der Waals surface area contributed by atoms with Crippen molar-refractivity contribution in [2.24, 2.45) is 0 Å². The van der Waals surface area contributed by atoms with Gasteiger partial charge in [-0.25, -0.2) is 5.10 Å². The molecule has 0 aliphatic heterocycles. The second-order valence-electron chi connectivity index (χ2n) is 5.23. The molecule has 0 fully saturated rings. The molecule has 0 atom stereocenters. The molecule has 3 heterocycles. The Bertz CT molecular complexity index is 992. The highest BCUT2D eigenvalue weighted by Crippen LogP contribution is 2.27. The van der Waals surface area contributed by atoms with Gasteiger partial charge >= 0.3 is 0 Å². The number of thiophene rings is 1. The summed E-state index contributed by atoms with van der Waals surface area (Å²) in [4.78, 5) is 15.5. The van der Waals surface area contributed by atoms with Crippen molar-refractivity contribution in [2.45, 2.75) is 6.92 Å². The van der Waals surface area contributed by atoms with Crippen molar-refractivity contribution in [3.63, 3.8) is 0 Å². The van der Waals surface area contributed by atoms with E-state index in [0.29, 0.717) is 5.56 Å². The number of rotatable bonds is 2. The minimum absolute atomic E-state index is 0.191. The number of hydrogen-bond donors (Lipinski definition) is 2. The number of aromatic nitrogens is 3. The van der Waals surface area contributed by atoms with E-state index in [1.165, 1.54) is 0 Å². The minimum atomic E-state index is -0.191. The van der Waals surface area contributed by atoms with Gasteiger partial charge in [0.1, 0.15) is 0 Å². The van der Waals surface area contributed by atoms with Gasteiger partial charge in [-0.05, 0) is 36.1 Å². The average molecular weight is 307 g/mol. The molecule has 4 nitrogen and oxygen atoms in total. The fraction of sp³-hybridized carbons (Fsp3) is 0.0588. The fourth-order valence-corrected chi connectivity index (χ4v) is 3.43. The van der Waals surface area contributed by atoms with Gasteiger partial charge in [0.05, 0.1) is 17.0 Å². The van der Waals surface area contributed by atoms with Crippen LogP contribution >= 0.6 is 11.3 Å². The van der Waals surface area contributed by atoms with Gasteiger partial charge in [-0.1, -0.05) is 18.2 Å². The Morgan fingerprint density at radius 2 is 1.95 bits per heavy atom. The molecule has 4 aromatic rings. The average Bonchev–Trinajstić information content (AvgIpc) is 3.13. The summed E-state index contributed by atoms with van der Waals surface area (Å²) < 4.78 is 0. The van der Waals surface area contributed by atoms with Crippen LogP contribution in [0.2, 0.25) is 0 Å². The molecule has 0 saturated carbocycles. The van der Waals surface area contributed by atoms with E-state index in [9.17, 15) is 4.79 Å². The van der Waals surface area contributed by atoms with Crippen LogP contribution in [0.1, 0.15) is 5.56 Å². The Kier molecular flexibility index (Phi) is 2.94. The van der Waals surface area contributed by atoms with Gasteiger partial charge in [0.2, 0.25) is 0 Å². The van der Waals surface area contributed by atoms with E-state index < -0.39 is 0 Å². The van der Waals surface area contributed by atoms with Crippen molar-refractivity contribution in [1.29, 1.82) is 0 Å². The normalized spacial score (nSPS) is 11.1. The van der Waals surface area contributed by atoms with Crippen LogP contribution in [0.3, 0.4) is 0 Å². The van der Waals surface area contributed by atoms with Crippen LogP contribution in [0.4, 0.5) is 0 Å². The lowest BCUT2D eigenvalue weighted by Gasteiger charge is -2.02. The summed E-state index contributed by atoms with van der Waals surface area (Å²) >= 11 is 1.63. The largest absolute Gasteiger partial charge is 0.354 e. The number of hydrogen-bond acceptors (Lipinski definition) is 3. The SMILES string of the molecule is Cc1cscc1-c1cc(-c2cc3ccccc3[nH]2)c(=O)[nH]n1. The number of para-hydroxylation sites is 1. The lowest BCUT2D eigenvalue weighted by atomic mass is 10.1. The zero-order valence-electron chi connectivity index (χ0n) is 11.9. The van der Waals surface area contributed by atoms with Gasteiger partial charge in [-0.2, -0.15) is 16.4 Å². The van der Waals surface area contributed by atoms with Crippen LogP contribution in [-0.4, -0.2) is 15.2 Å². The highest BCUT2D eigenvalue weighted by atomic mass is 32.1. The zero-order valence-corrected chi connectivity index (χ0v) is 12.7. The van der Waals surface area contributed by atoms with Gasteiger partial charge < -0.3 is 4.98 Å². The van der Waals surface area contributed by atoms with Gasteiger partial charge in [0, 0.05) is 21.8 Å². The molecule has 0 saturated heterocycles. The van der Waals surface area contributed by atoms with Crippen LogP contribution in [-0.2, 0) is 0 Å². The van der Waals surface area contributed by atoms with Gasteiger partial charge in [0.25, 0.3) is 5.56 Å². The summed E-state index contributed by atoms with van der Waals surface area (Å²) in [5, 5.41) is 12.0. The third kappa shape index (κ3) is 2.07. The molecule has 0 radical (unpaired) electrons. The maximum atomic E-state index is 12.2. The Morgan fingerprint density at radius 3 is 2.73 bits per heavy atom. The predicted octanol–water partition coefficient (Wildman–Crippen LogP) is 3.96. The van der Waals surface area contributed by atoms with E-state index in [1.54, 1.807) is 11.3 Å². The Balaban J connectivity index is 1.91. The monoisotopic (exact) mass is 307 g/mol. The molecule has 0 aliphatic rings. The first-order chi connectivity index (χ1) is 10.7. The molecule has 0 spiro atoms. The van der Waals surface area contributed by atoms with E-state index in [1.807, 2.05) is 48.7 Å². The number of H-pyrrole nitrogens is 2. The van der Waals surface area contributed by atoms with Crippen LogP contribution in [0, 0.1) is 6.92 Å². The fourth-order valence-electron chi connectivity index (χ4n) is 2.59. The van der Waals surface area contributed by atoms with Gasteiger partial charge in [-0.15, -0.1) is 0 Å². The smallest absolute Gasteiger partial charge is 0.273 e.